The number of anilines is 1. The summed E-state index contributed by atoms with van der Waals surface area (Å²) in [4.78, 5) is 26.0. The van der Waals surface area contributed by atoms with Crippen LogP contribution in [0.3, 0.4) is 0 Å². The molecule has 0 aliphatic heterocycles. The van der Waals surface area contributed by atoms with Gasteiger partial charge in [-0.1, -0.05) is 6.58 Å². The van der Waals surface area contributed by atoms with E-state index in [1.165, 1.54) is 4.57 Å². The number of aromatic nitrogens is 2. The highest BCUT2D eigenvalue weighted by molar-refractivity contribution is 5.86. The summed E-state index contributed by atoms with van der Waals surface area (Å²) in [7, 11) is 0. The van der Waals surface area contributed by atoms with Crippen molar-refractivity contribution in [3.63, 3.8) is 0 Å². The van der Waals surface area contributed by atoms with Crippen molar-refractivity contribution in [2.45, 2.75) is 19.9 Å². The molecule has 17 heavy (non-hydrogen) atoms. The molecule has 1 aromatic heterocycles. The van der Waals surface area contributed by atoms with Crippen LogP contribution in [0.2, 0.25) is 0 Å². The Morgan fingerprint density at radius 1 is 1.65 bits per heavy atom. The lowest BCUT2D eigenvalue weighted by Gasteiger charge is -2.06. The van der Waals surface area contributed by atoms with Crippen LogP contribution in [-0.4, -0.2) is 22.1 Å². The van der Waals surface area contributed by atoms with Gasteiger partial charge >= 0.3 is 11.7 Å². The summed E-state index contributed by atoms with van der Waals surface area (Å²) in [5.74, 6) is -0.229. The van der Waals surface area contributed by atoms with Gasteiger partial charge in [-0.3, -0.25) is 4.57 Å². The number of esters is 1. The van der Waals surface area contributed by atoms with E-state index in [0.717, 1.165) is 0 Å². The van der Waals surface area contributed by atoms with Crippen LogP contribution in [-0.2, 0) is 16.1 Å². The fourth-order valence-electron chi connectivity index (χ4n) is 1.14. The van der Waals surface area contributed by atoms with E-state index < -0.39 is 11.7 Å². The van der Waals surface area contributed by atoms with E-state index in [1.807, 2.05) is 0 Å². The minimum Gasteiger partial charge on any atom is -0.462 e. The number of aryl methyl sites for hydroxylation is 1. The number of hydrogen-bond donors (Lipinski definition) is 1. The maximum atomic E-state index is 11.3. The standard InChI is InChI=1S/C11H15N3O3/c1-8(2)10(15)17-7-3-5-14-6-4-9(12)13-11(14)16/h4,6H,1,3,5,7H2,2H3,(H2,12,13,16). The summed E-state index contributed by atoms with van der Waals surface area (Å²) in [6.07, 6.45) is 2.09. The smallest absolute Gasteiger partial charge is 0.349 e. The van der Waals surface area contributed by atoms with Gasteiger partial charge in [0.25, 0.3) is 0 Å². The monoisotopic (exact) mass is 237 g/mol. The molecule has 0 unspecified atom stereocenters. The summed E-state index contributed by atoms with van der Waals surface area (Å²) in [5, 5.41) is 0. The van der Waals surface area contributed by atoms with Crippen LogP contribution in [0, 0.1) is 0 Å². The Morgan fingerprint density at radius 2 is 2.35 bits per heavy atom. The Balaban J connectivity index is 2.39. The van der Waals surface area contributed by atoms with Gasteiger partial charge in [-0.05, 0) is 19.4 Å². The summed E-state index contributed by atoms with van der Waals surface area (Å²) < 4.78 is 6.30. The van der Waals surface area contributed by atoms with E-state index in [0.29, 0.717) is 18.5 Å². The second-order valence-electron chi connectivity index (χ2n) is 3.60. The zero-order valence-electron chi connectivity index (χ0n) is 9.68. The minimum absolute atomic E-state index is 0.194. The van der Waals surface area contributed by atoms with Crippen LogP contribution in [0.15, 0.2) is 29.2 Å². The van der Waals surface area contributed by atoms with Crippen LogP contribution in [0.4, 0.5) is 5.82 Å². The van der Waals surface area contributed by atoms with E-state index in [9.17, 15) is 9.59 Å². The van der Waals surface area contributed by atoms with E-state index in [4.69, 9.17) is 10.5 Å². The maximum Gasteiger partial charge on any atom is 0.349 e. The van der Waals surface area contributed by atoms with Crippen molar-refractivity contribution in [2.75, 3.05) is 12.3 Å². The number of carbonyl (C=O) groups excluding carboxylic acids is 1. The second kappa shape index (κ2) is 5.83. The summed E-state index contributed by atoms with van der Waals surface area (Å²) in [6.45, 7) is 5.71. The Labute approximate surface area is 98.7 Å². The summed E-state index contributed by atoms with van der Waals surface area (Å²) >= 11 is 0. The molecule has 6 heteroatoms. The van der Waals surface area contributed by atoms with Crippen molar-refractivity contribution >= 4 is 11.8 Å². The predicted octanol–water partition coefficient (Wildman–Crippen LogP) is 0.335. The predicted molar refractivity (Wildman–Crippen MR) is 63.3 cm³/mol. The minimum atomic E-state index is -0.423. The maximum absolute atomic E-state index is 11.3. The van der Waals surface area contributed by atoms with Gasteiger partial charge < -0.3 is 10.5 Å². The lowest BCUT2D eigenvalue weighted by Crippen LogP contribution is -2.23. The molecule has 0 saturated heterocycles. The molecule has 0 spiro atoms. The van der Waals surface area contributed by atoms with E-state index in [1.54, 1.807) is 19.2 Å². The average molecular weight is 237 g/mol. The molecule has 1 aromatic rings. The first kappa shape index (κ1) is 13.0. The van der Waals surface area contributed by atoms with E-state index in [-0.39, 0.29) is 12.4 Å². The fraction of sp³-hybridized carbons (Fsp3) is 0.364. The Morgan fingerprint density at radius 3 is 2.94 bits per heavy atom. The van der Waals surface area contributed by atoms with Gasteiger partial charge in [0, 0.05) is 18.3 Å². The Hall–Kier alpha value is -2.11. The molecule has 0 saturated carbocycles. The molecule has 2 N–H and O–H groups in total. The molecule has 0 atom stereocenters. The van der Waals surface area contributed by atoms with Crippen molar-refractivity contribution in [1.29, 1.82) is 0 Å². The van der Waals surface area contributed by atoms with Crippen LogP contribution >= 0.6 is 0 Å². The van der Waals surface area contributed by atoms with Crippen LogP contribution in [0.25, 0.3) is 0 Å². The van der Waals surface area contributed by atoms with Gasteiger partial charge in [-0.15, -0.1) is 0 Å². The van der Waals surface area contributed by atoms with Crippen molar-refractivity contribution in [3.05, 3.63) is 34.9 Å². The third kappa shape index (κ3) is 4.10. The Bertz CT molecular complexity index is 479. The SMILES string of the molecule is C=C(C)C(=O)OCCCn1ccc(N)nc1=O. The highest BCUT2D eigenvalue weighted by atomic mass is 16.5. The molecule has 0 bridgehead atoms. The lowest BCUT2D eigenvalue weighted by atomic mass is 10.3. The molecule has 0 fully saturated rings. The molecule has 92 valence electrons. The molecule has 1 rings (SSSR count). The summed E-state index contributed by atoms with van der Waals surface area (Å²) in [6, 6.07) is 1.54. The number of nitrogen functional groups attached to an aromatic ring is 1. The van der Waals surface area contributed by atoms with Crippen LogP contribution < -0.4 is 11.4 Å². The lowest BCUT2D eigenvalue weighted by molar-refractivity contribution is -0.139. The van der Waals surface area contributed by atoms with Crippen molar-refractivity contribution in [3.8, 4) is 0 Å². The third-order valence-corrected chi connectivity index (χ3v) is 2.02. The Kier molecular flexibility index (Phi) is 4.45. The fourth-order valence-corrected chi connectivity index (χ4v) is 1.14. The van der Waals surface area contributed by atoms with Crippen LogP contribution in [0.5, 0.6) is 0 Å². The van der Waals surface area contributed by atoms with Gasteiger partial charge in [0.2, 0.25) is 0 Å². The first-order valence-electron chi connectivity index (χ1n) is 5.16. The number of nitrogens with zero attached hydrogens (tertiary/aromatic N) is 2. The first-order valence-corrected chi connectivity index (χ1v) is 5.16. The number of carbonyl (C=O) groups is 1. The highest BCUT2D eigenvalue weighted by Gasteiger charge is 2.03. The molecular weight excluding hydrogens is 222 g/mol. The second-order valence-corrected chi connectivity index (χ2v) is 3.60. The number of nitrogens with two attached hydrogens (primary N) is 1. The van der Waals surface area contributed by atoms with Gasteiger partial charge in [0.1, 0.15) is 5.82 Å². The van der Waals surface area contributed by atoms with Crippen molar-refractivity contribution < 1.29 is 9.53 Å². The van der Waals surface area contributed by atoms with E-state index >= 15 is 0 Å². The first-order chi connectivity index (χ1) is 8.00. The molecular formula is C11H15N3O3. The zero-order valence-corrected chi connectivity index (χ0v) is 9.68. The van der Waals surface area contributed by atoms with Gasteiger partial charge in [-0.2, -0.15) is 4.98 Å². The van der Waals surface area contributed by atoms with Crippen molar-refractivity contribution in [2.24, 2.45) is 0 Å². The summed E-state index contributed by atoms with van der Waals surface area (Å²) in [5.41, 5.74) is 5.30. The zero-order chi connectivity index (χ0) is 12.8. The number of hydrogen-bond acceptors (Lipinski definition) is 5. The molecule has 0 aromatic carbocycles. The van der Waals surface area contributed by atoms with Crippen LogP contribution in [0.1, 0.15) is 13.3 Å². The number of ether oxygens (including phenoxy) is 1. The largest absolute Gasteiger partial charge is 0.462 e. The molecule has 0 amide bonds. The average Bonchev–Trinajstić information content (AvgIpc) is 2.26. The molecule has 0 aliphatic carbocycles. The normalized spacial score (nSPS) is 9.94. The topological polar surface area (TPSA) is 87.2 Å². The molecule has 0 radical (unpaired) electrons. The molecule has 1 heterocycles. The van der Waals surface area contributed by atoms with Gasteiger partial charge in [-0.25, -0.2) is 9.59 Å². The third-order valence-electron chi connectivity index (χ3n) is 2.02. The van der Waals surface area contributed by atoms with Gasteiger partial charge in [0.15, 0.2) is 0 Å². The van der Waals surface area contributed by atoms with E-state index in [2.05, 4.69) is 11.6 Å². The van der Waals surface area contributed by atoms with Gasteiger partial charge in [0.05, 0.1) is 6.61 Å². The van der Waals surface area contributed by atoms with Crippen molar-refractivity contribution in [1.82, 2.24) is 9.55 Å². The molecule has 0 aliphatic rings. The molecule has 6 nitrogen and oxygen atoms in total. The quantitative estimate of drug-likeness (QED) is 0.453. The number of rotatable bonds is 5. The highest BCUT2D eigenvalue weighted by Crippen LogP contribution is 1.95.